The summed E-state index contributed by atoms with van der Waals surface area (Å²) >= 11 is 0. The quantitative estimate of drug-likeness (QED) is 0.238. The number of methoxy groups -OCH3 is 3. The van der Waals surface area contributed by atoms with Crippen LogP contribution >= 0.6 is 0 Å². The number of benzene rings is 3. The van der Waals surface area contributed by atoms with Crippen molar-refractivity contribution in [2.45, 2.75) is 58.7 Å². The fourth-order valence-corrected chi connectivity index (χ4v) is 5.00. The second-order valence-electron chi connectivity index (χ2n) is 11.1. The van der Waals surface area contributed by atoms with E-state index in [1.54, 1.807) is 21.7 Å². The van der Waals surface area contributed by atoms with Gasteiger partial charge in [0, 0.05) is 12.1 Å². The first-order chi connectivity index (χ1) is 20.6. The monoisotopic (exact) mass is 587 g/mol. The largest absolute Gasteiger partial charge is 0.493 e. The standard InChI is InChI=1S/C33H41N5O5/c1-8-33(3,4)34-32(40)30(24-19-27(41-5)31(43-7)28(20-24)42-6)37(18-17-23-14-10-9-13-22(23)2)29(39)21-38-26-16-12-11-15-25(26)35-36-38/h9-16,19-20,30H,8,17-18,21H2,1-7H3,(H,34,40)/t30-/m0/s1. The maximum Gasteiger partial charge on any atom is 0.247 e. The lowest BCUT2D eigenvalue weighted by Crippen LogP contribution is -2.51. The third-order valence-electron chi connectivity index (χ3n) is 7.82. The van der Waals surface area contributed by atoms with Crippen LogP contribution in [0.4, 0.5) is 0 Å². The first kappa shape index (κ1) is 31.3. The summed E-state index contributed by atoms with van der Waals surface area (Å²) in [6.45, 7) is 8.13. The van der Waals surface area contributed by atoms with E-state index in [4.69, 9.17) is 14.2 Å². The minimum absolute atomic E-state index is 0.0976. The Labute approximate surface area is 252 Å². The maximum atomic E-state index is 14.3. The predicted molar refractivity (Wildman–Crippen MR) is 165 cm³/mol. The highest BCUT2D eigenvalue weighted by Crippen LogP contribution is 2.41. The van der Waals surface area contributed by atoms with E-state index in [-0.39, 0.29) is 24.9 Å². The third-order valence-corrected chi connectivity index (χ3v) is 7.82. The Morgan fingerprint density at radius 1 is 0.977 bits per heavy atom. The SMILES string of the molecule is CCC(C)(C)NC(=O)[C@H](c1cc(OC)c(OC)c(OC)c1)N(CCc1ccccc1C)C(=O)Cn1nnc2ccccc21. The number of carbonyl (C=O) groups excluding carboxylic acids is 2. The van der Waals surface area contributed by atoms with E-state index in [1.165, 1.54) is 21.3 Å². The lowest BCUT2D eigenvalue weighted by Gasteiger charge is -2.35. The molecule has 0 aliphatic carbocycles. The molecule has 0 unspecified atom stereocenters. The van der Waals surface area contributed by atoms with Crippen molar-refractivity contribution in [3.63, 3.8) is 0 Å². The van der Waals surface area contributed by atoms with Gasteiger partial charge in [-0.1, -0.05) is 48.5 Å². The van der Waals surface area contributed by atoms with E-state index < -0.39 is 11.6 Å². The summed E-state index contributed by atoms with van der Waals surface area (Å²) < 4.78 is 18.4. The van der Waals surface area contributed by atoms with Gasteiger partial charge in [0.05, 0.1) is 26.8 Å². The molecule has 3 aromatic carbocycles. The van der Waals surface area contributed by atoms with Crippen LogP contribution in [0.15, 0.2) is 60.7 Å². The number of amides is 2. The minimum Gasteiger partial charge on any atom is -0.493 e. The van der Waals surface area contributed by atoms with Crippen molar-refractivity contribution in [3.8, 4) is 17.2 Å². The van der Waals surface area contributed by atoms with E-state index in [1.807, 2.05) is 76.2 Å². The smallest absolute Gasteiger partial charge is 0.247 e. The zero-order chi connectivity index (χ0) is 31.1. The van der Waals surface area contributed by atoms with Gasteiger partial charge in [0.25, 0.3) is 0 Å². The van der Waals surface area contributed by atoms with Crippen LogP contribution in [0, 0.1) is 6.92 Å². The van der Waals surface area contributed by atoms with Crippen LogP contribution in [0.3, 0.4) is 0 Å². The van der Waals surface area contributed by atoms with Gasteiger partial charge >= 0.3 is 0 Å². The molecule has 10 heteroatoms. The molecule has 2 amide bonds. The highest BCUT2D eigenvalue weighted by Gasteiger charge is 2.35. The molecule has 4 rings (SSSR count). The van der Waals surface area contributed by atoms with Crippen LogP contribution < -0.4 is 19.5 Å². The molecule has 0 spiro atoms. The Morgan fingerprint density at radius 2 is 1.63 bits per heavy atom. The van der Waals surface area contributed by atoms with Gasteiger partial charge in [-0.25, -0.2) is 4.68 Å². The average molecular weight is 588 g/mol. The number of aromatic nitrogens is 3. The van der Waals surface area contributed by atoms with E-state index in [0.29, 0.717) is 41.2 Å². The molecule has 1 aromatic heterocycles. The number of ether oxygens (including phenoxy) is 3. The number of rotatable bonds is 13. The number of nitrogens with zero attached hydrogens (tertiary/aromatic N) is 4. The molecule has 0 fully saturated rings. The van der Waals surface area contributed by atoms with Gasteiger partial charge in [0.15, 0.2) is 11.5 Å². The van der Waals surface area contributed by atoms with Gasteiger partial charge in [-0.2, -0.15) is 0 Å². The molecule has 228 valence electrons. The summed E-state index contributed by atoms with van der Waals surface area (Å²) in [5, 5.41) is 11.6. The summed E-state index contributed by atoms with van der Waals surface area (Å²) in [6.07, 6.45) is 1.24. The molecule has 43 heavy (non-hydrogen) atoms. The summed E-state index contributed by atoms with van der Waals surface area (Å²) in [5.41, 5.74) is 3.63. The molecule has 10 nitrogen and oxygen atoms in total. The normalized spacial score (nSPS) is 12.1. The van der Waals surface area contributed by atoms with Gasteiger partial charge in [0.2, 0.25) is 17.6 Å². The van der Waals surface area contributed by atoms with Crippen LogP contribution in [0.25, 0.3) is 11.0 Å². The average Bonchev–Trinajstić information content (AvgIpc) is 3.41. The number of hydrogen-bond acceptors (Lipinski definition) is 7. The van der Waals surface area contributed by atoms with Crippen molar-refractivity contribution in [2.24, 2.45) is 0 Å². The second kappa shape index (κ2) is 13.6. The molecule has 0 saturated heterocycles. The zero-order valence-electron chi connectivity index (χ0n) is 26.0. The summed E-state index contributed by atoms with van der Waals surface area (Å²) in [4.78, 5) is 30.2. The molecule has 0 aliphatic rings. The van der Waals surface area contributed by atoms with Gasteiger partial charge in [0.1, 0.15) is 18.1 Å². The molecular formula is C33H41N5O5. The molecule has 1 heterocycles. The number of para-hydroxylation sites is 1. The number of nitrogens with one attached hydrogen (secondary N) is 1. The topological polar surface area (TPSA) is 108 Å². The maximum absolute atomic E-state index is 14.3. The van der Waals surface area contributed by atoms with Gasteiger partial charge in [-0.15, -0.1) is 5.10 Å². The second-order valence-corrected chi connectivity index (χ2v) is 11.1. The Morgan fingerprint density at radius 3 is 2.26 bits per heavy atom. The number of carbonyl (C=O) groups is 2. The highest BCUT2D eigenvalue weighted by molar-refractivity contribution is 5.90. The molecule has 4 aromatic rings. The Kier molecular flexibility index (Phi) is 9.90. The molecule has 0 saturated carbocycles. The first-order valence-electron chi connectivity index (χ1n) is 14.4. The summed E-state index contributed by atoms with van der Waals surface area (Å²) in [5.74, 6) is 0.569. The van der Waals surface area contributed by atoms with Crippen LogP contribution in [0.5, 0.6) is 17.2 Å². The van der Waals surface area contributed by atoms with Crippen LogP contribution in [-0.4, -0.2) is 65.1 Å². The fraction of sp³-hybridized carbons (Fsp3) is 0.394. The fourth-order valence-electron chi connectivity index (χ4n) is 5.00. The highest BCUT2D eigenvalue weighted by atomic mass is 16.5. The third kappa shape index (κ3) is 7.07. The van der Waals surface area contributed by atoms with E-state index in [2.05, 4.69) is 15.6 Å². The van der Waals surface area contributed by atoms with Crippen molar-refractivity contribution in [1.29, 1.82) is 0 Å². The number of aryl methyl sites for hydroxylation is 1. The van der Waals surface area contributed by atoms with Gasteiger partial charge in [-0.3, -0.25) is 9.59 Å². The predicted octanol–water partition coefficient (Wildman–Crippen LogP) is 4.88. The van der Waals surface area contributed by atoms with Gasteiger partial charge < -0.3 is 24.4 Å². The van der Waals surface area contributed by atoms with Crippen molar-refractivity contribution in [1.82, 2.24) is 25.2 Å². The number of hydrogen-bond donors (Lipinski definition) is 1. The van der Waals surface area contributed by atoms with Crippen molar-refractivity contribution in [2.75, 3.05) is 27.9 Å². The van der Waals surface area contributed by atoms with E-state index in [9.17, 15) is 9.59 Å². The van der Waals surface area contributed by atoms with Crippen molar-refractivity contribution >= 4 is 22.8 Å². The van der Waals surface area contributed by atoms with Crippen LogP contribution in [0.1, 0.15) is 49.9 Å². The molecule has 1 N–H and O–H groups in total. The first-order valence-corrected chi connectivity index (χ1v) is 14.4. The Hall–Kier alpha value is -4.60. The minimum atomic E-state index is -1.01. The molecule has 1 atom stereocenters. The Balaban J connectivity index is 1.84. The molecule has 0 radical (unpaired) electrons. The van der Waals surface area contributed by atoms with Crippen molar-refractivity contribution in [3.05, 3.63) is 77.4 Å². The molecular weight excluding hydrogens is 546 g/mol. The molecule has 0 aliphatic heterocycles. The Bertz CT molecular complexity index is 1560. The summed E-state index contributed by atoms with van der Waals surface area (Å²) in [7, 11) is 4.56. The van der Waals surface area contributed by atoms with E-state index >= 15 is 0 Å². The van der Waals surface area contributed by atoms with E-state index in [0.717, 1.165) is 16.6 Å². The van der Waals surface area contributed by atoms with Crippen LogP contribution in [0.2, 0.25) is 0 Å². The van der Waals surface area contributed by atoms with Crippen LogP contribution in [-0.2, 0) is 22.6 Å². The van der Waals surface area contributed by atoms with Crippen molar-refractivity contribution < 1.29 is 23.8 Å². The summed E-state index contributed by atoms with van der Waals surface area (Å²) in [6, 6.07) is 17.9. The number of fused-ring (bicyclic) bond motifs is 1. The lowest BCUT2D eigenvalue weighted by molar-refractivity contribution is -0.142. The molecule has 0 bridgehead atoms. The van der Waals surface area contributed by atoms with Gasteiger partial charge in [-0.05, 0) is 74.6 Å². The lowest BCUT2D eigenvalue weighted by atomic mass is 9.97. The zero-order valence-corrected chi connectivity index (χ0v) is 26.0.